The summed E-state index contributed by atoms with van der Waals surface area (Å²) in [4.78, 5) is 26.9. The number of nitrogens with one attached hydrogen (secondary N) is 2. The van der Waals surface area contributed by atoms with Crippen LogP contribution in [0.2, 0.25) is 0 Å². The van der Waals surface area contributed by atoms with E-state index in [1.807, 2.05) is 75.1 Å². The molecule has 1 amide bonds. The third kappa shape index (κ3) is 5.64. The fraction of sp³-hybridized carbons (Fsp3) is 0.222. The van der Waals surface area contributed by atoms with Crippen molar-refractivity contribution >= 4 is 50.5 Å². The van der Waals surface area contributed by atoms with Gasteiger partial charge in [-0.2, -0.15) is 0 Å². The standard InChI is InChI=1S/C27H30N6O2S/c1-6-24(34)28-20-16-21(23(35-5)17-22(20)33(4)14-13-32(2)3)29-27-30-25(18-10-8-7-9-11-18)19-12-15-36-26(19)31-27/h6-12,15-17H,1,13-14H2,2-5H3,(H,28,34)(H,29,30,31). The van der Waals surface area contributed by atoms with E-state index in [1.54, 1.807) is 18.4 Å². The summed E-state index contributed by atoms with van der Waals surface area (Å²) in [5, 5.41) is 9.25. The lowest BCUT2D eigenvalue weighted by Crippen LogP contribution is -2.29. The second kappa shape index (κ2) is 11.2. The lowest BCUT2D eigenvalue weighted by atomic mass is 10.1. The minimum Gasteiger partial charge on any atom is -0.494 e. The molecule has 0 saturated carbocycles. The van der Waals surface area contributed by atoms with Gasteiger partial charge in [0.25, 0.3) is 0 Å². The third-order valence-electron chi connectivity index (χ3n) is 5.67. The van der Waals surface area contributed by atoms with Crippen molar-refractivity contribution in [3.63, 3.8) is 0 Å². The van der Waals surface area contributed by atoms with Gasteiger partial charge in [-0.05, 0) is 37.7 Å². The number of hydrogen-bond acceptors (Lipinski definition) is 8. The van der Waals surface area contributed by atoms with Crippen LogP contribution in [0.4, 0.5) is 23.0 Å². The Bertz CT molecular complexity index is 1370. The number of likely N-dealkylation sites (N-methyl/N-ethyl adjacent to an activating group) is 2. The Kier molecular flexibility index (Phi) is 7.82. The van der Waals surface area contributed by atoms with Gasteiger partial charge in [0.05, 0.1) is 29.9 Å². The number of methoxy groups -OCH3 is 1. The Morgan fingerprint density at radius 3 is 2.56 bits per heavy atom. The topological polar surface area (TPSA) is 82.6 Å². The molecular formula is C27H30N6O2S. The molecule has 36 heavy (non-hydrogen) atoms. The number of rotatable bonds is 10. The van der Waals surface area contributed by atoms with Crippen molar-refractivity contribution in [3.05, 3.63) is 66.6 Å². The van der Waals surface area contributed by atoms with Crippen LogP contribution in [0.5, 0.6) is 5.75 Å². The molecule has 0 aliphatic carbocycles. The molecule has 2 heterocycles. The normalized spacial score (nSPS) is 10.9. The highest BCUT2D eigenvalue weighted by molar-refractivity contribution is 7.16. The highest BCUT2D eigenvalue weighted by Gasteiger charge is 2.18. The van der Waals surface area contributed by atoms with Gasteiger partial charge in [-0.1, -0.05) is 36.9 Å². The van der Waals surface area contributed by atoms with Crippen LogP contribution in [-0.2, 0) is 4.79 Å². The quantitative estimate of drug-likeness (QED) is 0.287. The summed E-state index contributed by atoms with van der Waals surface area (Å²) >= 11 is 1.56. The van der Waals surface area contributed by atoms with Gasteiger partial charge in [0.2, 0.25) is 11.9 Å². The Morgan fingerprint density at radius 1 is 1.08 bits per heavy atom. The molecule has 0 fully saturated rings. The minimum atomic E-state index is -0.295. The summed E-state index contributed by atoms with van der Waals surface area (Å²) in [6.07, 6.45) is 1.25. The van der Waals surface area contributed by atoms with Gasteiger partial charge in [-0.3, -0.25) is 4.79 Å². The summed E-state index contributed by atoms with van der Waals surface area (Å²) < 4.78 is 5.72. The predicted molar refractivity (Wildman–Crippen MR) is 150 cm³/mol. The zero-order chi connectivity index (χ0) is 25.7. The smallest absolute Gasteiger partial charge is 0.247 e. The summed E-state index contributed by atoms with van der Waals surface area (Å²) in [6.45, 7) is 5.20. The molecule has 0 aliphatic rings. The van der Waals surface area contributed by atoms with Gasteiger partial charge in [0, 0.05) is 37.2 Å². The van der Waals surface area contributed by atoms with E-state index in [0.29, 0.717) is 23.1 Å². The van der Waals surface area contributed by atoms with Crippen molar-refractivity contribution in [2.45, 2.75) is 0 Å². The number of benzene rings is 2. The molecule has 0 unspecified atom stereocenters. The molecule has 8 nitrogen and oxygen atoms in total. The summed E-state index contributed by atoms with van der Waals surface area (Å²) in [5.74, 6) is 0.752. The van der Waals surface area contributed by atoms with Gasteiger partial charge in [-0.25, -0.2) is 9.97 Å². The SMILES string of the molecule is C=CC(=O)Nc1cc(Nc2nc(-c3ccccc3)c3ccsc3n2)c(OC)cc1N(C)CCN(C)C. The van der Waals surface area contributed by atoms with Crippen LogP contribution in [0.15, 0.2) is 66.6 Å². The number of ether oxygens (including phenoxy) is 1. The molecule has 0 aliphatic heterocycles. The number of aromatic nitrogens is 2. The zero-order valence-electron chi connectivity index (χ0n) is 20.9. The molecule has 0 atom stereocenters. The van der Waals surface area contributed by atoms with Crippen LogP contribution in [0.25, 0.3) is 21.5 Å². The van der Waals surface area contributed by atoms with Crippen LogP contribution in [0, 0.1) is 0 Å². The lowest BCUT2D eigenvalue weighted by molar-refractivity contribution is -0.111. The van der Waals surface area contributed by atoms with Crippen molar-refractivity contribution in [1.82, 2.24) is 14.9 Å². The van der Waals surface area contributed by atoms with E-state index in [-0.39, 0.29) is 5.91 Å². The van der Waals surface area contributed by atoms with E-state index >= 15 is 0 Å². The van der Waals surface area contributed by atoms with Crippen molar-refractivity contribution in [1.29, 1.82) is 0 Å². The molecular weight excluding hydrogens is 472 g/mol. The first-order valence-electron chi connectivity index (χ1n) is 11.5. The summed E-state index contributed by atoms with van der Waals surface area (Å²) in [6, 6.07) is 15.8. The minimum absolute atomic E-state index is 0.295. The van der Waals surface area contributed by atoms with Crippen LogP contribution in [0.1, 0.15) is 0 Å². The van der Waals surface area contributed by atoms with E-state index in [9.17, 15) is 4.79 Å². The molecule has 4 aromatic rings. The predicted octanol–water partition coefficient (Wildman–Crippen LogP) is 5.23. The lowest BCUT2D eigenvalue weighted by Gasteiger charge is -2.26. The second-order valence-corrected chi connectivity index (χ2v) is 9.41. The molecule has 0 spiro atoms. The maximum absolute atomic E-state index is 12.2. The second-order valence-electron chi connectivity index (χ2n) is 8.51. The molecule has 186 valence electrons. The molecule has 9 heteroatoms. The van der Waals surface area contributed by atoms with Crippen molar-refractivity contribution in [2.24, 2.45) is 0 Å². The Morgan fingerprint density at radius 2 is 1.86 bits per heavy atom. The number of carbonyl (C=O) groups excluding carboxylic acids is 1. The first-order valence-corrected chi connectivity index (χ1v) is 12.4. The van der Waals surface area contributed by atoms with Crippen molar-refractivity contribution in [2.75, 3.05) is 56.9 Å². The fourth-order valence-electron chi connectivity index (χ4n) is 3.75. The highest BCUT2D eigenvalue weighted by atomic mass is 32.1. The molecule has 0 radical (unpaired) electrons. The van der Waals surface area contributed by atoms with Crippen molar-refractivity contribution < 1.29 is 9.53 Å². The van der Waals surface area contributed by atoms with E-state index in [1.165, 1.54) is 6.08 Å². The van der Waals surface area contributed by atoms with Crippen LogP contribution < -0.4 is 20.3 Å². The number of amides is 1. The van der Waals surface area contributed by atoms with Crippen LogP contribution in [0.3, 0.4) is 0 Å². The van der Waals surface area contributed by atoms with E-state index in [4.69, 9.17) is 14.7 Å². The van der Waals surface area contributed by atoms with E-state index in [2.05, 4.69) is 27.0 Å². The van der Waals surface area contributed by atoms with Gasteiger partial charge in [-0.15, -0.1) is 11.3 Å². The average molecular weight is 503 g/mol. The number of hydrogen-bond donors (Lipinski definition) is 2. The summed E-state index contributed by atoms with van der Waals surface area (Å²) in [5.41, 5.74) is 3.95. The zero-order valence-corrected chi connectivity index (χ0v) is 21.7. The van der Waals surface area contributed by atoms with E-state index < -0.39 is 0 Å². The fourth-order valence-corrected chi connectivity index (χ4v) is 4.52. The molecule has 2 N–H and O–H groups in total. The summed E-state index contributed by atoms with van der Waals surface area (Å²) in [7, 11) is 7.64. The Hall–Kier alpha value is -3.95. The maximum Gasteiger partial charge on any atom is 0.247 e. The molecule has 2 aromatic carbocycles. The monoisotopic (exact) mass is 502 g/mol. The van der Waals surface area contributed by atoms with Gasteiger partial charge in [0.1, 0.15) is 10.6 Å². The molecule has 0 saturated heterocycles. The number of fused-ring (bicyclic) bond motifs is 1. The Labute approximate surface area is 215 Å². The van der Waals surface area contributed by atoms with Gasteiger partial charge < -0.3 is 25.2 Å². The first kappa shape index (κ1) is 25.2. The number of anilines is 4. The molecule has 4 rings (SSSR count). The maximum atomic E-state index is 12.2. The number of nitrogens with zero attached hydrogens (tertiary/aromatic N) is 4. The molecule has 0 bridgehead atoms. The van der Waals surface area contributed by atoms with Gasteiger partial charge >= 0.3 is 0 Å². The van der Waals surface area contributed by atoms with Crippen LogP contribution in [-0.4, -0.2) is 62.1 Å². The van der Waals surface area contributed by atoms with Crippen LogP contribution >= 0.6 is 11.3 Å². The average Bonchev–Trinajstić information content (AvgIpc) is 3.36. The highest BCUT2D eigenvalue weighted by Crippen LogP contribution is 2.39. The van der Waals surface area contributed by atoms with E-state index in [0.717, 1.165) is 40.3 Å². The van der Waals surface area contributed by atoms with Gasteiger partial charge in [0.15, 0.2) is 0 Å². The Balaban J connectivity index is 1.76. The molecule has 2 aromatic heterocycles. The van der Waals surface area contributed by atoms with Crippen molar-refractivity contribution in [3.8, 4) is 17.0 Å². The first-order chi connectivity index (χ1) is 17.4. The number of carbonyl (C=O) groups is 1. The number of thiophene rings is 1. The largest absolute Gasteiger partial charge is 0.494 e. The third-order valence-corrected chi connectivity index (χ3v) is 6.48.